The van der Waals surface area contributed by atoms with Crippen LogP contribution in [0.5, 0.6) is 11.5 Å². The van der Waals surface area contributed by atoms with E-state index < -0.39 is 0 Å². The molecule has 3 aromatic carbocycles. The van der Waals surface area contributed by atoms with E-state index in [-0.39, 0.29) is 17.6 Å². The average Bonchev–Trinajstić information content (AvgIpc) is 3.03. The summed E-state index contributed by atoms with van der Waals surface area (Å²) in [5, 5.41) is 0. The number of benzene rings is 3. The molecule has 0 atom stereocenters. The number of carbonyl (C=O) groups is 3. The fourth-order valence-electron chi connectivity index (χ4n) is 3.54. The van der Waals surface area contributed by atoms with Gasteiger partial charge in [-0.1, -0.05) is 12.1 Å². The number of ether oxygens (including phenoxy) is 2. The molecule has 0 aromatic heterocycles. The first-order valence-corrected chi connectivity index (χ1v) is 9.16. The third-order valence-electron chi connectivity index (χ3n) is 4.99. The molecular weight excluding hydrogens is 370 g/mol. The fourth-order valence-corrected chi connectivity index (χ4v) is 3.54. The molecule has 142 valence electrons. The lowest BCUT2D eigenvalue weighted by molar-refractivity contribution is 0.0925. The van der Waals surface area contributed by atoms with E-state index in [4.69, 9.17) is 9.47 Å². The van der Waals surface area contributed by atoms with E-state index in [2.05, 4.69) is 0 Å². The Bertz CT molecular complexity index is 1130. The van der Waals surface area contributed by atoms with E-state index in [1.807, 2.05) is 0 Å². The van der Waals surface area contributed by atoms with Gasteiger partial charge < -0.3 is 9.47 Å². The summed E-state index contributed by atoms with van der Waals surface area (Å²) >= 11 is 0. The van der Waals surface area contributed by atoms with Crippen LogP contribution in [0.2, 0.25) is 0 Å². The number of imide groups is 1. The Morgan fingerprint density at radius 3 is 1.97 bits per heavy atom. The van der Waals surface area contributed by atoms with Crippen molar-refractivity contribution < 1.29 is 23.9 Å². The molecule has 6 heteroatoms. The molecule has 0 unspecified atom stereocenters. The van der Waals surface area contributed by atoms with E-state index in [1.165, 1.54) is 0 Å². The minimum absolute atomic E-state index is 0.184. The molecule has 29 heavy (non-hydrogen) atoms. The van der Waals surface area contributed by atoms with Crippen LogP contribution in [0.25, 0.3) is 0 Å². The highest BCUT2D eigenvalue weighted by atomic mass is 16.6. The number of amides is 2. The predicted molar refractivity (Wildman–Crippen MR) is 105 cm³/mol. The maximum Gasteiger partial charge on any atom is 0.266 e. The topological polar surface area (TPSA) is 72.9 Å². The van der Waals surface area contributed by atoms with Crippen molar-refractivity contribution in [1.82, 2.24) is 0 Å². The molecule has 2 amide bonds. The lowest BCUT2D eigenvalue weighted by Gasteiger charge is -2.18. The number of nitrogens with zero attached hydrogens (tertiary/aromatic N) is 1. The van der Waals surface area contributed by atoms with E-state index in [1.54, 1.807) is 66.7 Å². The standard InChI is InChI=1S/C23H15NO5/c25-21(15-7-10-19-20(13-15)29-12-11-28-19)14-5-8-16(9-6-14)24-22(26)17-3-1-2-4-18(17)23(24)27/h1-10,13H,11-12H2. The minimum atomic E-state index is -0.364. The highest BCUT2D eigenvalue weighted by Crippen LogP contribution is 2.32. The Kier molecular flexibility index (Phi) is 3.91. The average molecular weight is 385 g/mol. The van der Waals surface area contributed by atoms with Gasteiger partial charge in [-0.2, -0.15) is 0 Å². The minimum Gasteiger partial charge on any atom is -0.486 e. The molecule has 0 fully saturated rings. The second-order valence-electron chi connectivity index (χ2n) is 6.73. The molecule has 2 heterocycles. The lowest BCUT2D eigenvalue weighted by Crippen LogP contribution is -2.29. The zero-order valence-electron chi connectivity index (χ0n) is 15.3. The van der Waals surface area contributed by atoms with Crippen LogP contribution >= 0.6 is 0 Å². The molecule has 0 N–H and O–H groups in total. The molecule has 3 aromatic rings. The summed E-state index contributed by atoms with van der Waals surface area (Å²) in [6, 6.07) is 18.2. The van der Waals surface area contributed by atoms with E-state index in [0.717, 1.165) is 4.90 Å². The van der Waals surface area contributed by atoms with Crippen molar-refractivity contribution in [3.8, 4) is 11.5 Å². The predicted octanol–water partition coefficient (Wildman–Crippen LogP) is 3.49. The Hall–Kier alpha value is -3.93. The van der Waals surface area contributed by atoms with Crippen LogP contribution in [0.3, 0.4) is 0 Å². The first kappa shape index (κ1) is 17.2. The summed E-state index contributed by atoms with van der Waals surface area (Å²) < 4.78 is 11.0. The largest absolute Gasteiger partial charge is 0.486 e. The van der Waals surface area contributed by atoms with E-state index >= 15 is 0 Å². The second kappa shape index (κ2) is 6.60. The fraction of sp³-hybridized carbons (Fsp3) is 0.0870. The Morgan fingerprint density at radius 1 is 0.724 bits per heavy atom. The smallest absolute Gasteiger partial charge is 0.266 e. The van der Waals surface area contributed by atoms with E-state index in [9.17, 15) is 14.4 Å². The Labute approximate surface area is 166 Å². The van der Waals surface area contributed by atoms with Crippen LogP contribution in [-0.4, -0.2) is 30.8 Å². The van der Waals surface area contributed by atoms with Crippen molar-refractivity contribution in [2.45, 2.75) is 0 Å². The van der Waals surface area contributed by atoms with Gasteiger partial charge in [0.1, 0.15) is 13.2 Å². The van der Waals surface area contributed by atoms with Crippen molar-refractivity contribution in [1.29, 1.82) is 0 Å². The molecule has 0 spiro atoms. The molecular formula is C23H15NO5. The summed E-state index contributed by atoms with van der Waals surface area (Å²) in [4.78, 5) is 39.1. The van der Waals surface area contributed by atoms with Gasteiger partial charge >= 0.3 is 0 Å². The number of rotatable bonds is 3. The van der Waals surface area contributed by atoms with E-state index in [0.29, 0.717) is 52.7 Å². The summed E-state index contributed by atoms with van der Waals surface area (Å²) in [6.07, 6.45) is 0. The zero-order valence-corrected chi connectivity index (χ0v) is 15.3. The van der Waals surface area contributed by atoms with Gasteiger partial charge in [-0.15, -0.1) is 0 Å². The molecule has 0 saturated carbocycles. The number of fused-ring (bicyclic) bond motifs is 2. The van der Waals surface area contributed by atoms with Crippen LogP contribution in [0.1, 0.15) is 36.6 Å². The van der Waals surface area contributed by atoms with Gasteiger partial charge in [0, 0.05) is 11.1 Å². The van der Waals surface area contributed by atoms with Crippen molar-refractivity contribution in [3.05, 3.63) is 89.0 Å². The maximum atomic E-state index is 12.8. The molecule has 5 rings (SSSR count). The first-order valence-electron chi connectivity index (χ1n) is 9.16. The van der Waals surface area contributed by atoms with Gasteiger partial charge in [0.15, 0.2) is 17.3 Å². The van der Waals surface area contributed by atoms with Crippen LogP contribution in [0, 0.1) is 0 Å². The normalized spacial score (nSPS) is 14.7. The Balaban J connectivity index is 1.42. The van der Waals surface area contributed by atoms with Crippen LogP contribution < -0.4 is 14.4 Å². The zero-order chi connectivity index (χ0) is 20.0. The number of hydrogen-bond acceptors (Lipinski definition) is 5. The van der Waals surface area contributed by atoms with Crippen molar-refractivity contribution >= 4 is 23.3 Å². The summed E-state index contributed by atoms with van der Waals surface area (Å²) in [5.74, 6) is 0.252. The summed E-state index contributed by atoms with van der Waals surface area (Å²) in [7, 11) is 0. The molecule has 0 radical (unpaired) electrons. The first-order chi connectivity index (χ1) is 14.1. The van der Waals surface area contributed by atoms with Gasteiger partial charge in [-0.25, -0.2) is 4.90 Å². The second-order valence-corrected chi connectivity index (χ2v) is 6.73. The van der Waals surface area contributed by atoms with Gasteiger partial charge in [0.25, 0.3) is 11.8 Å². The highest BCUT2D eigenvalue weighted by Gasteiger charge is 2.36. The molecule has 6 nitrogen and oxygen atoms in total. The number of carbonyl (C=O) groups excluding carboxylic acids is 3. The number of hydrogen-bond donors (Lipinski definition) is 0. The van der Waals surface area contributed by atoms with Gasteiger partial charge in [-0.05, 0) is 54.6 Å². The van der Waals surface area contributed by atoms with Crippen molar-refractivity contribution in [3.63, 3.8) is 0 Å². The number of ketones is 1. The molecule has 2 aliphatic rings. The SMILES string of the molecule is O=C(c1ccc(N2C(=O)c3ccccc3C2=O)cc1)c1ccc2c(c1)OCCO2. The van der Waals surface area contributed by atoms with Crippen LogP contribution in [0.15, 0.2) is 66.7 Å². The van der Waals surface area contributed by atoms with Crippen molar-refractivity contribution in [2.24, 2.45) is 0 Å². The third-order valence-corrected chi connectivity index (χ3v) is 4.99. The van der Waals surface area contributed by atoms with Crippen LogP contribution in [-0.2, 0) is 0 Å². The quantitative estimate of drug-likeness (QED) is 0.510. The number of anilines is 1. The highest BCUT2D eigenvalue weighted by molar-refractivity contribution is 6.34. The molecule has 0 bridgehead atoms. The maximum absolute atomic E-state index is 12.8. The molecule has 0 aliphatic carbocycles. The third kappa shape index (κ3) is 2.77. The summed E-state index contributed by atoms with van der Waals surface area (Å²) in [5.41, 5.74) is 2.11. The van der Waals surface area contributed by atoms with Crippen LogP contribution in [0.4, 0.5) is 5.69 Å². The molecule has 0 saturated heterocycles. The Morgan fingerprint density at radius 2 is 1.31 bits per heavy atom. The summed E-state index contributed by atoms with van der Waals surface area (Å²) in [6.45, 7) is 0.930. The van der Waals surface area contributed by atoms with Gasteiger partial charge in [-0.3, -0.25) is 14.4 Å². The molecule has 2 aliphatic heterocycles. The lowest BCUT2D eigenvalue weighted by atomic mass is 10.0. The van der Waals surface area contributed by atoms with Gasteiger partial charge in [0.2, 0.25) is 0 Å². The van der Waals surface area contributed by atoms with Gasteiger partial charge in [0.05, 0.1) is 16.8 Å². The monoisotopic (exact) mass is 385 g/mol. The van der Waals surface area contributed by atoms with Crippen molar-refractivity contribution in [2.75, 3.05) is 18.1 Å².